The number of anilines is 1. The Morgan fingerprint density at radius 3 is 2.43 bits per heavy atom. The van der Waals surface area contributed by atoms with Crippen molar-refractivity contribution in [2.45, 2.75) is 44.0 Å². The summed E-state index contributed by atoms with van der Waals surface area (Å²) in [7, 11) is -2.04. The minimum Gasteiger partial charge on any atom is -0.385 e. The topological polar surface area (TPSA) is 105 Å². The Morgan fingerprint density at radius 2 is 1.89 bits per heavy atom. The first-order chi connectivity index (χ1) is 13.0. The molecule has 28 heavy (non-hydrogen) atoms. The number of sulfonamides is 1. The first kappa shape index (κ1) is 22.3. The van der Waals surface area contributed by atoms with Gasteiger partial charge >= 0.3 is 0 Å². The maximum Gasteiger partial charge on any atom is 0.240 e. The third-order valence-corrected chi connectivity index (χ3v) is 6.03. The van der Waals surface area contributed by atoms with Gasteiger partial charge in [-0.1, -0.05) is 0 Å². The first-order valence-electron chi connectivity index (χ1n) is 9.24. The van der Waals surface area contributed by atoms with Gasteiger partial charge in [-0.15, -0.1) is 0 Å². The fourth-order valence-corrected chi connectivity index (χ4v) is 4.07. The number of ether oxygens (including phenoxy) is 1. The van der Waals surface area contributed by atoms with E-state index in [-0.39, 0.29) is 35.2 Å². The molecule has 0 aliphatic carbocycles. The lowest BCUT2D eigenvalue weighted by Crippen LogP contribution is -2.42. The Bertz CT molecular complexity index is 800. The summed E-state index contributed by atoms with van der Waals surface area (Å²) in [5, 5.41) is 2.77. The largest absolute Gasteiger partial charge is 0.385 e. The Morgan fingerprint density at radius 1 is 1.25 bits per heavy atom. The van der Waals surface area contributed by atoms with Gasteiger partial charge in [0, 0.05) is 44.5 Å². The van der Waals surface area contributed by atoms with Gasteiger partial charge in [0.25, 0.3) is 0 Å². The molecular formula is C19H29N3O5S. The highest BCUT2D eigenvalue weighted by molar-refractivity contribution is 7.89. The van der Waals surface area contributed by atoms with Gasteiger partial charge in [-0.05, 0) is 51.5 Å². The molecule has 2 rings (SSSR count). The molecule has 0 bridgehead atoms. The Kier molecular flexibility index (Phi) is 7.19. The molecule has 0 saturated carbocycles. The first-order valence-corrected chi connectivity index (χ1v) is 10.7. The van der Waals surface area contributed by atoms with Crippen LogP contribution in [0.2, 0.25) is 0 Å². The minimum absolute atomic E-state index is 0.0337. The van der Waals surface area contributed by atoms with Crippen LogP contribution in [0.15, 0.2) is 29.2 Å². The van der Waals surface area contributed by atoms with E-state index in [1.54, 1.807) is 24.1 Å². The van der Waals surface area contributed by atoms with Crippen LogP contribution in [0.1, 0.15) is 33.6 Å². The summed E-state index contributed by atoms with van der Waals surface area (Å²) in [5.74, 6) is -0.695. The molecule has 2 amide bonds. The van der Waals surface area contributed by atoms with Crippen LogP contribution in [0, 0.1) is 5.92 Å². The summed E-state index contributed by atoms with van der Waals surface area (Å²) >= 11 is 0. The normalized spacial score (nSPS) is 17.8. The predicted octanol–water partition coefficient (Wildman–Crippen LogP) is 1.59. The molecule has 1 aromatic rings. The second-order valence-electron chi connectivity index (χ2n) is 7.83. The van der Waals surface area contributed by atoms with Crippen molar-refractivity contribution in [3.63, 3.8) is 0 Å². The molecule has 1 unspecified atom stereocenters. The SMILES string of the molecule is COCCCNS(=O)(=O)c1ccc(NC(=O)C2CC(=O)N(C(C)(C)C)C2)cc1. The van der Waals surface area contributed by atoms with Crippen molar-refractivity contribution in [2.75, 3.05) is 32.1 Å². The zero-order valence-corrected chi connectivity index (χ0v) is 17.6. The predicted molar refractivity (Wildman–Crippen MR) is 106 cm³/mol. The van der Waals surface area contributed by atoms with Gasteiger partial charge in [-0.25, -0.2) is 13.1 Å². The number of benzene rings is 1. The molecule has 1 aliphatic heterocycles. The van der Waals surface area contributed by atoms with Gasteiger partial charge in [-0.3, -0.25) is 9.59 Å². The highest BCUT2D eigenvalue weighted by Gasteiger charge is 2.39. The number of carbonyl (C=O) groups is 2. The van der Waals surface area contributed by atoms with Crippen LogP contribution in [0.5, 0.6) is 0 Å². The summed E-state index contributed by atoms with van der Waals surface area (Å²) in [6, 6.07) is 5.96. The number of carbonyl (C=O) groups excluding carboxylic acids is 2. The lowest BCUT2D eigenvalue weighted by molar-refractivity contribution is -0.131. The highest BCUT2D eigenvalue weighted by atomic mass is 32.2. The number of methoxy groups -OCH3 is 1. The number of hydrogen-bond donors (Lipinski definition) is 2. The van der Waals surface area contributed by atoms with E-state index in [9.17, 15) is 18.0 Å². The Balaban J connectivity index is 1.95. The molecule has 8 nitrogen and oxygen atoms in total. The van der Waals surface area contributed by atoms with Crippen molar-refractivity contribution in [1.29, 1.82) is 0 Å². The van der Waals surface area contributed by atoms with Gasteiger partial charge in [0.1, 0.15) is 0 Å². The van der Waals surface area contributed by atoms with Crippen LogP contribution < -0.4 is 10.0 Å². The fourth-order valence-electron chi connectivity index (χ4n) is 3.00. The summed E-state index contributed by atoms with van der Waals surface area (Å²) in [5.41, 5.74) is 0.170. The smallest absolute Gasteiger partial charge is 0.240 e. The monoisotopic (exact) mass is 411 g/mol. The van der Waals surface area contributed by atoms with E-state index in [0.29, 0.717) is 25.3 Å². The van der Waals surface area contributed by atoms with Crippen molar-refractivity contribution in [1.82, 2.24) is 9.62 Å². The molecule has 1 saturated heterocycles. The number of nitrogens with zero attached hydrogens (tertiary/aromatic N) is 1. The second-order valence-corrected chi connectivity index (χ2v) is 9.60. The molecule has 2 N–H and O–H groups in total. The van der Waals surface area contributed by atoms with Gasteiger partial charge in [0.2, 0.25) is 21.8 Å². The Labute approximate surface area is 166 Å². The van der Waals surface area contributed by atoms with Crippen LogP contribution >= 0.6 is 0 Å². The van der Waals surface area contributed by atoms with E-state index in [1.807, 2.05) is 20.8 Å². The van der Waals surface area contributed by atoms with Crippen molar-refractivity contribution in [3.8, 4) is 0 Å². The maximum absolute atomic E-state index is 12.5. The van der Waals surface area contributed by atoms with Crippen LogP contribution in [-0.4, -0.2) is 57.5 Å². The molecule has 156 valence electrons. The van der Waals surface area contributed by atoms with Crippen molar-refractivity contribution >= 4 is 27.5 Å². The molecule has 0 spiro atoms. The summed E-state index contributed by atoms with van der Waals surface area (Å²) in [4.78, 5) is 26.5. The lowest BCUT2D eigenvalue weighted by Gasteiger charge is -2.31. The molecular weight excluding hydrogens is 382 g/mol. The second kappa shape index (κ2) is 9.02. The fraction of sp³-hybridized carbons (Fsp3) is 0.579. The van der Waals surface area contributed by atoms with Gasteiger partial charge in [0.05, 0.1) is 10.8 Å². The van der Waals surface area contributed by atoms with Crippen LogP contribution in [0.25, 0.3) is 0 Å². The summed E-state index contributed by atoms with van der Waals surface area (Å²) in [6.45, 7) is 6.96. The quantitative estimate of drug-likeness (QED) is 0.632. The summed E-state index contributed by atoms with van der Waals surface area (Å²) in [6.07, 6.45) is 0.760. The Hall–Kier alpha value is -1.97. The molecule has 0 radical (unpaired) electrons. The third-order valence-electron chi connectivity index (χ3n) is 4.56. The average molecular weight is 412 g/mol. The molecule has 0 aromatic heterocycles. The van der Waals surface area contributed by atoms with Crippen molar-refractivity contribution in [2.24, 2.45) is 5.92 Å². The number of likely N-dealkylation sites (tertiary alicyclic amines) is 1. The average Bonchev–Trinajstić information content (AvgIpc) is 3.01. The van der Waals surface area contributed by atoms with Gasteiger partial charge < -0.3 is 15.0 Å². The summed E-state index contributed by atoms with van der Waals surface area (Å²) < 4.78 is 31.8. The lowest BCUT2D eigenvalue weighted by atomic mass is 10.1. The van der Waals surface area contributed by atoms with Crippen LogP contribution in [-0.2, 0) is 24.3 Å². The zero-order valence-electron chi connectivity index (χ0n) is 16.8. The van der Waals surface area contributed by atoms with Crippen LogP contribution in [0.3, 0.4) is 0 Å². The van der Waals surface area contributed by atoms with Crippen molar-refractivity contribution in [3.05, 3.63) is 24.3 Å². The van der Waals surface area contributed by atoms with E-state index in [2.05, 4.69) is 10.0 Å². The maximum atomic E-state index is 12.5. The molecule has 1 heterocycles. The van der Waals surface area contributed by atoms with Crippen LogP contribution in [0.4, 0.5) is 5.69 Å². The highest BCUT2D eigenvalue weighted by Crippen LogP contribution is 2.26. The molecule has 1 fully saturated rings. The number of rotatable bonds is 8. The zero-order chi connectivity index (χ0) is 20.9. The van der Waals surface area contributed by atoms with E-state index in [1.165, 1.54) is 12.1 Å². The number of amides is 2. The number of nitrogens with one attached hydrogen (secondary N) is 2. The van der Waals surface area contributed by atoms with Crippen molar-refractivity contribution < 1.29 is 22.7 Å². The van der Waals surface area contributed by atoms with E-state index in [0.717, 1.165) is 0 Å². The van der Waals surface area contributed by atoms with E-state index in [4.69, 9.17) is 4.74 Å². The van der Waals surface area contributed by atoms with E-state index < -0.39 is 15.9 Å². The van der Waals surface area contributed by atoms with E-state index >= 15 is 0 Å². The molecule has 1 aromatic carbocycles. The van der Waals surface area contributed by atoms with Gasteiger partial charge in [0.15, 0.2) is 0 Å². The third kappa shape index (κ3) is 5.76. The van der Waals surface area contributed by atoms with Gasteiger partial charge in [-0.2, -0.15) is 0 Å². The minimum atomic E-state index is -3.60. The number of hydrogen-bond acceptors (Lipinski definition) is 5. The standard InChI is InChI=1S/C19H29N3O5S/c1-19(2,3)22-13-14(12-17(22)23)18(24)21-15-6-8-16(9-7-15)28(25,26)20-10-5-11-27-4/h6-9,14,20H,5,10-13H2,1-4H3,(H,21,24). The molecule has 1 atom stereocenters. The molecule has 9 heteroatoms. The molecule has 1 aliphatic rings.